The van der Waals surface area contributed by atoms with Crippen LogP contribution in [0.15, 0.2) is 17.1 Å². The highest BCUT2D eigenvalue weighted by molar-refractivity contribution is 5.95. The van der Waals surface area contributed by atoms with E-state index in [-0.39, 0.29) is 29.7 Å². The predicted molar refractivity (Wildman–Crippen MR) is 84.1 cm³/mol. The van der Waals surface area contributed by atoms with Crippen LogP contribution in [0.5, 0.6) is 0 Å². The second-order valence-electron chi connectivity index (χ2n) is 5.77. The Kier molecular flexibility index (Phi) is 5.51. The molecule has 0 aromatic carbocycles. The van der Waals surface area contributed by atoms with E-state index in [0.717, 1.165) is 0 Å². The minimum absolute atomic E-state index is 0.130. The Morgan fingerprint density at radius 2 is 2.26 bits per heavy atom. The maximum absolute atomic E-state index is 12.6. The molecule has 1 aromatic heterocycles. The number of H-pyrrole nitrogens is 1. The van der Waals surface area contributed by atoms with E-state index in [1.807, 2.05) is 0 Å². The van der Waals surface area contributed by atoms with Gasteiger partial charge in [0.15, 0.2) is 0 Å². The Morgan fingerprint density at radius 1 is 1.52 bits per heavy atom. The molecule has 126 valence electrons. The van der Waals surface area contributed by atoms with Gasteiger partial charge in [-0.2, -0.15) is 0 Å². The van der Waals surface area contributed by atoms with E-state index in [1.54, 1.807) is 29.8 Å². The second-order valence-corrected chi connectivity index (χ2v) is 5.77. The van der Waals surface area contributed by atoms with Crippen LogP contribution in [0.25, 0.3) is 0 Å². The Labute approximate surface area is 134 Å². The summed E-state index contributed by atoms with van der Waals surface area (Å²) < 4.78 is 5.63. The fourth-order valence-corrected chi connectivity index (χ4v) is 2.69. The molecule has 1 fully saturated rings. The molecule has 1 aromatic rings. The number of aromatic nitrogens is 1. The number of primary amides is 1. The molecule has 3 N–H and O–H groups in total. The zero-order chi connectivity index (χ0) is 17.0. The summed E-state index contributed by atoms with van der Waals surface area (Å²) in [5.41, 5.74) is 5.59. The summed E-state index contributed by atoms with van der Waals surface area (Å²) >= 11 is 0. The Bertz CT molecular complexity index is 643. The highest BCUT2D eigenvalue weighted by Crippen LogP contribution is 2.11. The summed E-state index contributed by atoms with van der Waals surface area (Å²) in [4.78, 5) is 41.3. The second kappa shape index (κ2) is 7.38. The summed E-state index contributed by atoms with van der Waals surface area (Å²) in [6.07, 6.45) is 1.30. The summed E-state index contributed by atoms with van der Waals surface area (Å²) in [6, 6.07) is 1.70. The van der Waals surface area contributed by atoms with Gasteiger partial charge in [-0.15, -0.1) is 0 Å². The van der Waals surface area contributed by atoms with Gasteiger partial charge < -0.3 is 20.4 Å². The lowest BCUT2D eigenvalue weighted by Gasteiger charge is -2.34. The van der Waals surface area contributed by atoms with Crippen LogP contribution in [0.3, 0.4) is 0 Å². The van der Waals surface area contributed by atoms with E-state index in [0.29, 0.717) is 31.8 Å². The Hall–Kier alpha value is -2.19. The van der Waals surface area contributed by atoms with Crippen LogP contribution in [0, 0.1) is 6.92 Å². The third kappa shape index (κ3) is 4.40. The molecule has 23 heavy (non-hydrogen) atoms. The number of aromatic amines is 1. The third-order valence-corrected chi connectivity index (χ3v) is 3.75. The molecule has 0 bridgehead atoms. The highest BCUT2D eigenvalue weighted by atomic mass is 16.5. The van der Waals surface area contributed by atoms with Gasteiger partial charge in [0, 0.05) is 25.8 Å². The van der Waals surface area contributed by atoms with Crippen molar-refractivity contribution >= 4 is 11.8 Å². The lowest BCUT2D eigenvalue weighted by Crippen LogP contribution is -2.50. The number of aryl methyl sites for hydroxylation is 1. The number of ether oxygens (including phenoxy) is 1. The number of pyridine rings is 1. The number of likely N-dealkylation sites (N-methyl/N-ethyl adjacent to an activating group) is 1. The van der Waals surface area contributed by atoms with Crippen molar-refractivity contribution in [3.05, 3.63) is 33.7 Å². The molecular weight excluding hydrogens is 300 g/mol. The fraction of sp³-hybridized carbons (Fsp3) is 0.533. The maximum atomic E-state index is 12.6. The first-order chi connectivity index (χ1) is 10.9. The quantitative estimate of drug-likeness (QED) is 0.718. The largest absolute Gasteiger partial charge is 0.373 e. The molecule has 0 radical (unpaired) electrons. The average Bonchev–Trinajstić information content (AvgIpc) is 2.46. The van der Waals surface area contributed by atoms with Gasteiger partial charge in [-0.05, 0) is 25.6 Å². The topological polar surface area (TPSA) is 109 Å². The number of amides is 2. The number of morpholine rings is 1. The van der Waals surface area contributed by atoms with E-state index in [9.17, 15) is 14.4 Å². The van der Waals surface area contributed by atoms with Crippen molar-refractivity contribution in [2.75, 3.05) is 39.8 Å². The van der Waals surface area contributed by atoms with E-state index < -0.39 is 5.91 Å². The number of nitrogens with zero attached hydrogens (tertiary/aromatic N) is 2. The molecule has 1 saturated heterocycles. The molecule has 2 amide bonds. The van der Waals surface area contributed by atoms with Crippen molar-refractivity contribution in [2.45, 2.75) is 13.0 Å². The zero-order valence-electron chi connectivity index (χ0n) is 13.4. The van der Waals surface area contributed by atoms with Crippen molar-refractivity contribution in [3.8, 4) is 0 Å². The van der Waals surface area contributed by atoms with Gasteiger partial charge in [-0.1, -0.05) is 0 Å². The zero-order valence-corrected chi connectivity index (χ0v) is 13.4. The van der Waals surface area contributed by atoms with Crippen molar-refractivity contribution < 1.29 is 14.3 Å². The molecule has 1 unspecified atom stereocenters. The van der Waals surface area contributed by atoms with E-state index in [4.69, 9.17) is 10.5 Å². The monoisotopic (exact) mass is 322 g/mol. The first kappa shape index (κ1) is 17.2. The normalized spacial score (nSPS) is 18.2. The van der Waals surface area contributed by atoms with Crippen LogP contribution in [0.4, 0.5) is 0 Å². The lowest BCUT2D eigenvalue weighted by atomic mass is 10.1. The van der Waals surface area contributed by atoms with Gasteiger partial charge in [0.05, 0.1) is 19.3 Å². The van der Waals surface area contributed by atoms with Crippen molar-refractivity contribution in [1.29, 1.82) is 0 Å². The van der Waals surface area contributed by atoms with Crippen molar-refractivity contribution in [2.24, 2.45) is 5.73 Å². The highest BCUT2D eigenvalue weighted by Gasteiger charge is 2.28. The number of carbonyl (C=O) groups excluding carboxylic acids is 2. The first-order valence-corrected chi connectivity index (χ1v) is 7.44. The van der Waals surface area contributed by atoms with Crippen LogP contribution >= 0.6 is 0 Å². The number of nitrogens with two attached hydrogens (primary N) is 1. The minimum Gasteiger partial charge on any atom is -0.373 e. The van der Waals surface area contributed by atoms with Gasteiger partial charge in [0.1, 0.15) is 5.56 Å². The van der Waals surface area contributed by atoms with Gasteiger partial charge in [0.25, 0.3) is 11.5 Å². The maximum Gasteiger partial charge on any atom is 0.261 e. The van der Waals surface area contributed by atoms with Crippen LogP contribution in [0.2, 0.25) is 0 Å². The molecule has 1 atom stereocenters. The smallest absolute Gasteiger partial charge is 0.261 e. The molecule has 8 heteroatoms. The number of hydrogen-bond acceptors (Lipinski definition) is 5. The Morgan fingerprint density at radius 3 is 2.91 bits per heavy atom. The van der Waals surface area contributed by atoms with Gasteiger partial charge >= 0.3 is 0 Å². The Balaban J connectivity index is 2.05. The fourth-order valence-electron chi connectivity index (χ4n) is 2.69. The molecule has 1 aliphatic rings. The summed E-state index contributed by atoms with van der Waals surface area (Å²) in [5, 5.41) is 0. The predicted octanol–water partition coefficient (Wildman–Crippen LogP) is -1.06. The average molecular weight is 322 g/mol. The van der Waals surface area contributed by atoms with Crippen molar-refractivity contribution in [3.63, 3.8) is 0 Å². The molecular formula is C15H22N4O4. The van der Waals surface area contributed by atoms with E-state index in [1.165, 1.54) is 6.20 Å². The number of rotatable bonds is 5. The molecule has 0 aliphatic carbocycles. The van der Waals surface area contributed by atoms with E-state index >= 15 is 0 Å². The molecule has 2 rings (SSSR count). The van der Waals surface area contributed by atoms with Gasteiger partial charge in [-0.25, -0.2) is 0 Å². The standard InChI is InChI=1S/C15H22N4O4/c1-10-3-4-17-14(21)13(10)15(22)19-5-6-23-11(8-19)7-18(2)9-12(16)20/h3-4,11H,5-9H2,1-2H3,(H2,16,20)(H,17,21). The molecule has 8 nitrogen and oxygen atoms in total. The molecule has 0 saturated carbocycles. The molecule has 0 spiro atoms. The molecule has 2 heterocycles. The van der Waals surface area contributed by atoms with Crippen molar-refractivity contribution in [1.82, 2.24) is 14.8 Å². The summed E-state index contributed by atoms with van der Waals surface area (Å²) in [5.74, 6) is -0.710. The van der Waals surface area contributed by atoms with Crippen LogP contribution in [-0.4, -0.2) is 72.5 Å². The minimum atomic E-state index is -0.414. The van der Waals surface area contributed by atoms with Gasteiger partial charge in [0.2, 0.25) is 5.91 Å². The van der Waals surface area contributed by atoms with Crippen LogP contribution in [-0.2, 0) is 9.53 Å². The SMILES string of the molecule is Cc1cc[nH]c(=O)c1C(=O)N1CCOC(CN(C)CC(N)=O)C1. The summed E-state index contributed by atoms with van der Waals surface area (Å²) in [6.45, 7) is 3.55. The third-order valence-electron chi connectivity index (χ3n) is 3.75. The van der Waals surface area contributed by atoms with Crippen LogP contribution in [0.1, 0.15) is 15.9 Å². The van der Waals surface area contributed by atoms with Gasteiger partial charge in [-0.3, -0.25) is 19.3 Å². The number of carbonyl (C=O) groups is 2. The lowest BCUT2D eigenvalue weighted by molar-refractivity contribution is -0.119. The molecule has 1 aliphatic heterocycles. The number of hydrogen-bond donors (Lipinski definition) is 2. The number of nitrogens with one attached hydrogen (secondary N) is 1. The summed E-state index contributed by atoms with van der Waals surface area (Å²) in [7, 11) is 1.76. The first-order valence-electron chi connectivity index (χ1n) is 7.44. The van der Waals surface area contributed by atoms with Crippen LogP contribution < -0.4 is 11.3 Å². The van der Waals surface area contributed by atoms with E-state index in [2.05, 4.69) is 4.98 Å².